The molecule has 1 heterocycles. The molecule has 0 fully saturated rings. The van der Waals surface area contributed by atoms with E-state index in [1.807, 2.05) is 0 Å². The van der Waals surface area contributed by atoms with Crippen molar-refractivity contribution in [3.05, 3.63) is 28.5 Å². The highest BCUT2D eigenvalue weighted by Gasteiger charge is 1.95. The van der Waals surface area contributed by atoms with Crippen molar-refractivity contribution in [2.75, 3.05) is 0 Å². The summed E-state index contributed by atoms with van der Waals surface area (Å²) in [5.74, 6) is 0. The Kier molecular flexibility index (Phi) is 1.95. The maximum absolute atomic E-state index is 10.1. The molecule has 9 heavy (non-hydrogen) atoms. The van der Waals surface area contributed by atoms with Crippen molar-refractivity contribution in [2.24, 2.45) is 0 Å². The number of hydrogen-bond donors (Lipinski definition) is 0. The number of nitrogens with one attached hydrogen (secondary N) is 1. The molecule has 0 aliphatic rings. The first kappa shape index (κ1) is 6.42. The molecule has 1 rings (SSSR count). The van der Waals surface area contributed by atoms with Gasteiger partial charge in [-0.3, -0.25) is 4.79 Å². The largest absolute Gasteiger partial charge is 0.291 e. The monoisotopic (exact) mass is 186 g/mol. The van der Waals surface area contributed by atoms with E-state index in [4.69, 9.17) is 0 Å². The Morgan fingerprint density at radius 2 is 2.33 bits per heavy atom. The molecular weight excluding hydrogens is 182 g/mol. The van der Waals surface area contributed by atoms with Gasteiger partial charge in [0.1, 0.15) is 0 Å². The minimum atomic E-state index is 0.582. The van der Waals surface area contributed by atoms with E-state index in [1.54, 1.807) is 18.3 Å². The molecule has 0 amide bonds. The fraction of sp³-hybridized carbons (Fsp3) is 0. The van der Waals surface area contributed by atoms with Crippen molar-refractivity contribution in [1.82, 2.24) is 0 Å². The second-order valence-electron chi connectivity index (χ2n) is 1.58. The molecule has 0 saturated heterocycles. The maximum atomic E-state index is 10.1. The number of aromatic amines is 1. The number of hydrogen-bond acceptors (Lipinski definition) is 1. The van der Waals surface area contributed by atoms with E-state index in [0.29, 0.717) is 5.69 Å². The number of halogens is 1. The SMILES string of the molecule is O=Cc1ccc(Br)c[nH+]1. The van der Waals surface area contributed by atoms with Crippen LogP contribution < -0.4 is 4.98 Å². The minimum Gasteiger partial charge on any atom is -0.291 e. The molecule has 1 aromatic rings. The summed E-state index contributed by atoms with van der Waals surface area (Å²) in [4.78, 5) is 12.8. The van der Waals surface area contributed by atoms with Crippen LogP contribution in [-0.4, -0.2) is 6.29 Å². The highest BCUT2D eigenvalue weighted by Crippen LogP contribution is 2.02. The summed E-state index contributed by atoms with van der Waals surface area (Å²) in [7, 11) is 0. The van der Waals surface area contributed by atoms with Crippen LogP contribution in [-0.2, 0) is 0 Å². The van der Waals surface area contributed by atoms with E-state index >= 15 is 0 Å². The molecule has 1 N–H and O–H groups in total. The van der Waals surface area contributed by atoms with Gasteiger partial charge in [-0.05, 0) is 22.0 Å². The quantitative estimate of drug-likeness (QED) is 0.605. The predicted octanol–water partition coefficient (Wildman–Crippen LogP) is 1.08. The third-order valence-electron chi connectivity index (χ3n) is 0.926. The van der Waals surface area contributed by atoms with Gasteiger partial charge < -0.3 is 0 Å². The Morgan fingerprint density at radius 3 is 2.78 bits per heavy atom. The molecule has 0 atom stereocenters. The topological polar surface area (TPSA) is 31.2 Å². The number of aldehydes is 1. The highest BCUT2D eigenvalue weighted by atomic mass is 79.9. The van der Waals surface area contributed by atoms with E-state index in [0.717, 1.165) is 10.8 Å². The molecule has 2 nitrogen and oxygen atoms in total. The number of aromatic nitrogens is 1. The van der Waals surface area contributed by atoms with Crippen molar-refractivity contribution in [1.29, 1.82) is 0 Å². The second-order valence-corrected chi connectivity index (χ2v) is 2.50. The molecule has 0 aliphatic carbocycles. The van der Waals surface area contributed by atoms with Crippen LogP contribution in [0.4, 0.5) is 0 Å². The molecular formula is C6H5BrNO+. The summed E-state index contributed by atoms with van der Waals surface area (Å²) < 4.78 is 0.938. The fourth-order valence-electron chi connectivity index (χ4n) is 0.491. The van der Waals surface area contributed by atoms with Gasteiger partial charge >= 0.3 is 0 Å². The number of H-pyrrole nitrogens is 1. The van der Waals surface area contributed by atoms with E-state index in [2.05, 4.69) is 20.9 Å². The van der Waals surface area contributed by atoms with Crippen LogP contribution in [0.25, 0.3) is 0 Å². The lowest BCUT2D eigenvalue weighted by molar-refractivity contribution is -0.381. The molecule has 0 aliphatic heterocycles. The minimum absolute atomic E-state index is 0.582. The Hall–Kier alpha value is -0.700. The van der Waals surface area contributed by atoms with E-state index in [9.17, 15) is 4.79 Å². The third-order valence-corrected chi connectivity index (χ3v) is 1.42. The molecule has 0 aromatic carbocycles. The highest BCUT2D eigenvalue weighted by molar-refractivity contribution is 9.10. The predicted molar refractivity (Wildman–Crippen MR) is 36.1 cm³/mol. The zero-order valence-corrected chi connectivity index (χ0v) is 6.18. The van der Waals surface area contributed by atoms with E-state index < -0.39 is 0 Å². The normalized spacial score (nSPS) is 9.00. The summed E-state index contributed by atoms with van der Waals surface area (Å²) in [6, 6.07) is 3.51. The Labute approximate surface area is 61.0 Å². The first-order valence-corrected chi connectivity index (χ1v) is 3.24. The van der Waals surface area contributed by atoms with E-state index in [-0.39, 0.29) is 0 Å². The lowest BCUT2D eigenvalue weighted by Crippen LogP contribution is -2.07. The standard InChI is InChI=1S/C6H4BrNO/c7-5-1-2-6(4-9)8-3-5/h1-4H/p+1. The van der Waals surface area contributed by atoms with E-state index in [1.165, 1.54) is 0 Å². The molecule has 0 radical (unpaired) electrons. The van der Waals surface area contributed by atoms with Crippen LogP contribution in [0.3, 0.4) is 0 Å². The maximum Gasteiger partial charge on any atom is 0.243 e. The van der Waals surface area contributed by atoms with Gasteiger partial charge in [0.05, 0.1) is 4.47 Å². The van der Waals surface area contributed by atoms with Gasteiger partial charge in [-0.15, -0.1) is 0 Å². The summed E-state index contributed by atoms with van der Waals surface area (Å²) in [6.07, 6.45) is 2.48. The molecule has 0 unspecified atom stereocenters. The lowest BCUT2D eigenvalue weighted by Gasteiger charge is -1.80. The Bertz CT molecular complexity index is 207. The molecule has 0 bridgehead atoms. The van der Waals surface area contributed by atoms with Crippen LogP contribution in [0.5, 0.6) is 0 Å². The molecule has 0 saturated carbocycles. The Balaban J connectivity index is 3.01. The van der Waals surface area contributed by atoms with Crippen LogP contribution in [0.15, 0.2) is 22.8 Å². The van der Waals surface area contributed by atoms with Crippen LogP contribution in [0.1, 0.15) is 10.5 Å². The second kappa shape index (κ2) is 2.73. The lowest BCUT2D eigenvalue weighted by atomic mass is 10.4. The first-order valence-electron chi connectivity index (χ1n) is 2.45. The van der Waals surface area contributed by atoms with Gasteiger partial charge in [0.2, 0.25) is 12.0 Å². The number of carbonyl (C=O) groups excluding carboxylic acids is 1. The van der Waals surface area contributed by atoms with Crippen molar-refractivity contribution in [3.8, 4) is 0 Å². The van der Waals surface area contributed by atoms with Gasteiger partial charge in [-0.25, -0.2) is 4.98 Å². The third kappa shape index (κ3) is 1.61. The van der Waals surface area contributed by atoms with Crippen molar-refractivity contribution >= 4 is 22.2 Å². The molecule has 46 valence electrons. The zero-order valence-electron chi connectivity index (χ0n) is 4.60. The van der Waals surface area contributed by atoms with Crippen LogP contribution in [0, 0.1) is 0 Å². The Morgan fingerprint density at radius 1 is 1.56 bits per heavy atom. The van der Waals surface area contributed by atoms with Crippen LogP contribution in [0.2, 0.25) is 0 Å². The molecule has 0 spiro atoms. The van der Waals surface area contributed by atoms with Gasteiger partial charge in [0.25, 0.3) is 0 Å². The van der Waals surface area contributed by atoms with Gasteiger partial charge in [0, 0.05) is 6.07 Å². The molecule has 3 heteroatoms. The van der Waals surface area contributed by atoms with Gasteiger partial charge in [-0.2, -0.15) is 0 Å². The first-order chi connectivity index (χ1) is 4.33. The summed E-state index contributed by atoms with van der Waals surface area (Å²) >= 11 is 3.23. The summed E-state index contributed by atoms with van der Waals surface area (Å²) in [5.41, 5.74) is 0.582. The molecule has 1 aromatic heterocycles. The number of carbonyl (C=O) groups is 1. The van der Waals surface area contributed by atoms with Crippen LogP contribution >= 0.6 is 15.9 Å². The average Bonchev–Trinajstić information content (AvgIpc) is 1.90. The van der Waals surface area contributed by atoms with Gasteiger partial charge in [0.15, 0.2) is 6.20 Å². The van der Waals surface area contributed by atoms with Crippen molar-refractivity contribution < 1.29 is 9.78 Å². The summed E-state index contributed by atoms with van der Waals surface area (Å²) in [5, 5.41) is 0. The number of pyridine rings is 1. The summed E-state index contributed by atoms with van der Waals surface area (Å²) in [6.45, 7) is 0. The van der Waals surface area contributed by atoms with Crippen molar-refractivity contribution in [2.45, 2.75) is 0 Å². The smallest absolute Gasteiger partial charge is 0.243 e. The van der Waals surface area contributed by atoms with Gasteiger partial charge in [-0.1, -0.05) is 0 Å². The fourth-order valence-corrected chi connectivity index (χ4v) is 0.738. The zero-order chi connectivity index (χ0) is 6.69. The average molecular weight is 187 g/mol. The number of rotatable bonds is 1. The van der Waals surface area contributed by atoms with Crippen molar-refractivity contribution in [3.63, 3.8) is 0 Å².